The molecule has 1 saturated heterocycles. The van der Waals surface area contributed by atoms with E-state index in [-0.39, 0.29) is 6.29 Å². The fourth-order valence-corrected chi connectivity index (χ4v) is 3.47. The Labute approximate surface area is 165 Å². The van der Waals surface area contributed by atoms with Gasteiger partial charge in [-0.15, -0.1) is 0 Å². The molecule has 0 N–H and O–H groups in total. The summed E-state index contributed by atoms with van der Waals surface area (Å²) in [4.78, 5) is 0. The molecule has 1 unspecified atom stereocenters. The van der Waals surface area contributed by atoms with Crippen molar-refractivity contribution in [3.05, 3.63) is 59.3 Å². The summed E-state index contributed by atoms with van der Waals surface area (Å²) in [5.74, 6) is 1.39. The van der Waals surface area contributed by atoms with Gasteiger partial charge in [0.15, 0.2) is 17.8 Å². The molecule has 5 heteroatoms. The van der Waals surface area contributed by atoms with Gasteiger partial charge in [-0.25, -0.2) is 4.68 Å². The highest BCUT2D eigenvalue weighted by Crippen LogP contribution is 2.35. The first-order chi connectivity index (χ1) is 13.5. The van der Waals surface area contributed by atoms with Crippen molar-refractivity contribution >= 4 is 0 Å². The fraction of sp³-hybridized carbons (Fsp3) is 0.348. The SMILES string of the molecule is COc1ccc(-c2cc(C)nn2-c2ccc(C)c(C)c2)cc1OC1CCCO1. The maximum Gasteiger partial charge on any atom is 0.200 e. The van der Waals surface area contributed by atoms with Crippen molar-refractivity contribution in [2.24, 2.45) is 0 Å². The monoisotopic (exact) mass is 378 g/mol. The van der Waals surface area contributed by atoms with E-state index in [4.69, 9.17) is 19.3 Å². The van der Waals surface area contributed by atoms with E-state index in [0.29, 0.717) is 11.5 Å². The van der Waals surface area contributed by atoms with Gasteiger partial charge in [-0.2, -0.15) is 5.10 Å². The highest BCUT2D eigenvalue weighted by atomic mass is 16.7. The van der Waals surface area contributed by atoms with Crippen molar-refractivity contribution < 1.29 is 14.2 Å². The molecule has 4 rings (SSSR count). The zero-order chi connectivity index (χ0) is 19.7. The second kappa shape index (κ2) is 7.68. The lowest BCUT2D eigenvalue weighted by Gasteiger charge is -2.17. The maximum atomic E-state index is 6.07. The zero-order valence-corrected chi connectivity index (χ0v) is 16.9. The summed E-state index contributed by atoms with van der Waals surface area (Å²) < 4.78 is 19.2. The third-order valence-electron chi connectivity index (χ3n) is 5.17. The zero-order valence-electron chi connectivity index (χ0n) is 16.9. The molecule has 0 amide bonds. The first-order valence-electron chi connectivity index (χ1n) is 9.66. The Kier molecular flexibility index (Phi) is 5.09. The molecule has 1 aliphatic rings. The molecule has 0 radical (unpaired) electrons. The Morgan fingerprint density at radius 2 is 1.86 bits per heavy atom. The average Bonchev–Trinajstić information content (AvgIpc) is 3.33. The second-order valence-corrected chi connectivity index (χ2v) is 7.28. The van der Waals surface area contributed by atoms with Crippen LogP contribution in [0.25, 0.3) is 16.9 Å². The molecule has 1 aliphatic heterocycles. The van der Waals surface area contributed by atoms with Crippen LogP contribution in [-0.4, -0.2) is 29.8 Å². The summed E-state index contributed by atoms with van der Waals surface area (Å²) in [6.07, 6.45) is 1.70. The minimum absolute atomic E-state index is 0.212. The second-order valence-electron chi connectivity index (χ2n) is 7.28. The lowest BCUT2D eigenvalue weighted by atomic mass is 10.1. The molecule has 3 aromatic rings. The standard InChI is InChI=1S/C23H26N2O3/c1-15-7-9-19(12-16(15)2)25-20(13-17(3)24-25)18-8-10-21(26-4)22(14-18)28-23-6-5-11-27-23/h7-10,12-14,23H,5-6,11H2,1-4H3. The average molecular weight is 378 g/mol. The van der Waals surface area contributed by atoms with Crippen molar-refractivity contribution in [3.63, 3.8) is 0 Å². The van der Waals surface area contributed by atoms with E-state index in [1.807, 2.05) is 29.8 Å². The molecule has 0 aliphatic carbocycles. The molecule has 1 fully saturated rings. The topological polar surface area (TPSA) is 45.5 Å². The Balaban J connectivity index is 1.75. The predicted molar refractivity (Wildman–Crippen MR) is 109 cm³/mol. The molecular weight excluding hydrogens is 352 g/mol. The number of nitrogens with zero attached hydrogens (tertiary/aromatic N) is 2. The van der Waals surface area contributed by atoms with E-state index in [1.165, 1.54) is 11.1 Å². The molecule has 2 heterocycles. The molecule has 28 heavy (non-hydrogen) atoms. The lowest BCUT2D eigenvalue weighted by molar-refractivity contribution is -0.0402. The van der Waals surface area contributed by atoms with Crippen LogP contribution in [0.5, 0.6) is 11.5 Å². The Hall–Kier alpha value is -2.79. The smallest absolute Gasteiger partial charge is 0.200 e. The quantitative estimate of drug-likeness (QED) is 0.628. The summed E-state index contributed by atoms with van der Waals surface area (Å²) in [6.45, 7) is 6.99. The molecule has 0 bridgehead atoms. The highest BCUT2D eigenvalue weighted by Gasteiger charge is 2.20. The van der Waals surface area contributed by atoms with Crippen molar-refractivity contribution in [3.8, 4) is 28.4 Å². The van der Waals surface area contributed by atoms with Crippen LogP contribution in [0.3, 0.4) is 0 Å². The summed E-state index contributed by atoms with van der Waals surface area (Å²) in [5.41, 5.74) is 6.56. The third-order valence-corrected chi connectivity index (χ3v) is 5.17. The number of aryl methyl sites for hydroxylation is 3. The lowest BCUT2D eigenvalue weighted by Crippen LogP contribution is -2.14. The number of aromatic nitrogens is 2. The molecule has 1 atom stereocenters. The van der Waals surface area contributed by atoms with Crippen LogP contribution in [-0.2, 0) is 4.74 Å². The van der Waals surface area contributed by atoms with Gasteiger partial charge in [0.2, 0.25) is 0 Å². The van der Waals surface area contributed by atoms with E-state index >= 15 is 0 Å². The van der Waals surface area contributed by atoms with Crippen LogP contribution in [0.15, 0.2) is 42.5 Å². The van der Waals surface area contributed by atoms with Crippen molar-refractivity contribution in [1.29, 1.82) is 0 Å². The third kappa shape index (κ3) is 3.62. The first kappa shape index (κ1) is 18.6. The van der Waals surface area contributed by atoms with E-state index in [9.17, 15) is 0 Å². The van der Waals surface area contributed by atoms with Crippen molar-refractivity contribution in [2.45, 2.75) is 39.9 Å². The maximum absolute atomic E-state index is 6.07. The van der Waals surface area contributed by atoms with Crippen LogP contribution in [0.2, 0.25) is 0 Å². The highest BCUT2D eigenvalue weighted by molar-refractivity contribution is 5.67. The van der Waals surface area contributed by atoms with Gasteiger partial charge in [-0.1, -0.05) is 6.07 Å². The summed E-state index contributed by atoms with van der Waals surface area (Å²) in [6, 6.07) is 14.5. The minimum Gasteiger partial charge on any atom is -0.493 e. The van der Waals surface area contributed by atoms with E-state index in [0.717, 1.165) is 42.1 Å². The van der Waals surface area contributed by atoms with Crippen molar-refractivity contribution in [2.75, 3.05) is 13.7 Å². The molecule has 0 spiro atoms. The Bertz CT molecular complexity index is 988. The van der Waals surface area contributed by atoms with Crippen LogP contribution in [0, 0.1) is 20.8 Å². The summed E-state index contributed by atoms with van der Waals surface area (Å²) in [7, 11) is 1.65. The van der Waals surface area contributed by atoms with Crippen molar-refractivity contribution in [1.82, 2.24) is 9.78 Å². The van der Waals surface area contributed by atoms with Gasteiger partial charge in [-0.05, 0) is 74.7 Å². The Morgan fingerprint density at radius 3 is 2.57 bits per heavy atom. The van der Waals surface area contributed by atoms with Crippen LogP contribution < -0.4 is 9.47 Å². The van der Waals surface area contributed by atoms with E-state index in [2.05, 4.69) is 38.1 Å². The minimum atomic E-state index is -0.212. The molecular formula is C23H26N2O3. The number of benzene rings is 2. The van der Waals surface area contributed by atoms with Crippen LogP contribution in [0.4, 0.5) is 0 Å². The van der Waals surface area contributed by atoms with Gasteiger partial charge in [0, 0.05) is 12.0 Å². The van der Waals surface area contributed by atoms with Crippen LogP contribution >= 0.6 is 0 Å². The molecule has 1 aromatic heterocycles. The van der Waals surface area contributed by atoms with E-state index < -0.39 is 0 Å². The van der Waals surface area contributed by atoms with Gasteiger partial charge < -0.3 is 14.2 Å². The number of rotatable bonds is 5. The van der Waals surface area contributed by atoms with Gasteiger partial charge in [0.25, 0.3) is 0 Å². The normalized spacial score (nSPS) is 16.4. The Morgan fingerprint density at radius 1 is 1.00 bits per heavy atom. The number of methoxy groups -OCH3 is 1. The largest absolute Gasteiger partial charge is 0.493 e. The van der Waals surface area contributed by atoms with Gasteiger partial charge in [0.1, 0.15) is 0 Å². The number of hydrogen-bond acceptors (Lipinski definition) is 4. The predicted octanol–water partition coefficient (Wildman–Crippen LogP) is 4.99. The molecule has 5 nitrogen and oxygen atoms in total. The van der Waals surface area contributed by atoms with Crippen LogP contribution in [0.1, 0.15) is 29.7 Å². The summed E-state index contributed by atoms with van der Waals surface area (Å²) in [5, 5.41) is 4.72. The number of hydrogen-bond donors (Lipinski definition) is 0. The fourth-order valence-electron chi connectivity index (χ4n) is 3.47. The molecule has 0 saturated carbocycles. The number of ether oxygens (including phenoxy) is 3. The van der Waals surface area contributed by atoms with E-state index in [1.54, 1.807) is 7.11 Å². The van der Waals surface area contributed by atoms with Gasteiger partial charge in [0.05, 0.1) is 30.8 Å². The van der Waals surface area contributed by atoms with Gasteiger partial charge >= 0.3 is 0 Å². The summed E-state index contributed by atoms with van der Waals surface area (Å²) >= 11 is 0. The molecule has 2 aromatic carbocycles. The van der Waals surface area contributed by atoms with Gasteiger partial charge in [-0.3, -0.25) is 0 Å². The molecule has 146 valence electrons. The first-order valence-corrected chi connectivity index (χ1v) is 9.66.